The van der Waals surface area contributed by atoms with Crippen molar-refractivity contribution in [2.75, 3.05) is 13.1 Å². The third-order valence-corrected chi connectivity index (χ3v) is 4.87. The maximum atomic E-state index is 12.9. The minimum Gasteiger partial charge on any atom is -0.508 e. The molecule has 0 fully saturated rings. The molecule has 194 valence electrons. The monoisotopic (exact) mass is 493 g/mol. The fourth-order valence-corrected chi connectivity index (χ4v) is 3.06. The fourth-order valence-electron chi connectivity index (χ4n) is 3.06. The van der Waals surface area contributed by atoms with Gasteiger partial charge in [0.25, 0.3) is 0 Å². The number of guanidine groups is 2. The van der Waals surface area contributed by atoms with Crippen LogP contribution >= 0.6 is 0 Å². The molecule has 1 aromatic carbocycles. The second kappa shape index (κ2) is 15.0. The number of amides is 2. The number of rotatable bonds is 15. The second-order valence-corrected chi connectivity index (χ2v) is 7.84. The van der Waals surface area contributed by atoms with Crippen LogP contribution in [-0.4, -0.2) is 71.1 Å². The van der Waals surface area contributed by atoms with Crippen molar-refractivity contribution in [3.63, 3.8) is 0 Å². The largest absolute Gasteiger partial charge is 0.508 e. The van der Waals surface area contributed by atoms with Crippen molar-refractivity contribution >= 4 is 29.7 Å². The molecule has 14 N–H and O–H groups in total. The highest BCUT2D eigenvalue weighted by atomic mass is 16.4. The molecule has 0 aliphatic rings. The van der Waals surface area contributed by atoms with Gasteiger partial charge in [-0.05, 0) is 49.8 Å². The molecule has 3 unspecified atom stereocenters. The molecule has 1 aromatic rings. The quantitative estimate of drug-likeness (QED) is 0.0699. The van der Waals surface area contributed by atoms with E-state index in [0.29, 0.717) is 18.4 Å². The summed E-state index contributed by atoms with van der Waals surface area (Å²) in [6.45, 7) is 0.412. The van der Waals surface area contributed by atoms with Crippen molar-refractivity contribution in [2.24, 2.45) is 38.7 Å². The molecule has 0 bridgehead atoms. The first kappa shape index (κ1) is 29.0. The number of aliphatic carboxylic acids is 1. The van der Waals surface area contributed by atoms with Crippen molar-refractivity contribution < 1.29 is 24.6 Å². The average molecular weight is 494 g/mol. The summed E-state index contributed by atoms with van der Waals surface area (Å²) in [7, 11) is 0. The number of carboxylic acids is 1. The molecule has 14 heteroatoms. The van der Waals surface area contributed by atoms with Crippen LogP contribution in [-0.2, 0) is 20.8 Å². The summed E-state index contributed by atoms with van der Waals surface area (Å²) in [5, 5.41) is 23.9. The third-order valence-electron chi connectivity index (χ3n) is 4.87. The standard InChI is InChI=1S/C21H35N9O5/c22-14(11-12-5-7-13(31)8-6-12)17(32)29-15(3-1-9-27-20(23)24)18(33)30-16(19(34)35)4-2-10-28-21(25)26/h5-8,14-16,31H,1-4,9-11,22H2,(H,29,32)(H,30,33)(H,34,35)(H4,23,24,27)(H4,25,26,28). The molecule has 3 atom stereocenters. The summed E-state index contributed by atoms with van der Waals surface area (Å²) < 4.78 is 0. The number of phenols is 1. The van der Waals surface area contributed by atoms with Crippen molar-refractivity contribution in [1.82, 2.24) is 10.6 Å². The number of carbonyl (C=O) groups is 3. The fraction of sp³-hybridized carbons (Fsp3) is 0.476. The molecular formula is C21H35N9O5. The molecule has 0 spiro atoms. The van der Waals surface area contributed by atoms with Gasteiger partial charge in [0.15, 0.2) is 11.9 Å². The maximum absolute atomic E-state index is 12.9. The highest BCUT2D eigenvalue weighted by Crippen LogP contribution is 2.11. The van der Waals surface area contributed by atoms with E-state index in [1.807, 2.05) is 0 Å². The molecule has 0 radical (unpaired) electrons. The van der Waals surface area contributed by atoms with Gasteiger partial charge < -0.3 is 49.5 Å². The number of benzene rings is 1. The summed E-state index contributed by atoms with van der Waals surface area (Å²) in [4.78, 5) is 44.8. The van der Waals surface area contributed by atoms with Gasteiger partial charge in [0.05, 0.1) is 6.04 Å². The summed E-state index contributed by atoms with van der Waals surface area (Å²) in [5.41, 5.74) is 27.8. The topological polar surface area (TPSA) is 271 Å². The molecule has 0 saturated heterocycles. The first-order valence-electron chi connectivity index (χ1n) is 11.0. The first-order valence-corrected chi connectivity index (χ1v) is 11.0. The Morgan fingerprint density at radius 2 is 1.31 bits per heavy atom. The molecule has 35 heavy (non-hydrogen) atoms. The van der Waals surface area contributed by atoms with Gasteiger partial charge in [-0.25, -0.2) is 4.79 Å². The van der Waals surface area contributed by atoms with E-state index in [1.54, 1.807) is 12.1 Å². The van der Waals surface area contributed by atoms with Gasteiger partial charge in [-0.15, -0.1) is 0 Å². The van der Waals surface area contributed by atoms with Crippen LogP contribution in [0.5, 0.6) is 5.75 Å². The van der Waals surface area contributed by atoms with Crippen LogP contribution in [0.15, 0.2) is 34.3 Å². The van der Waals surface area contributed by atoms with Crippen molar-refractivity contribution in [1.29, 1.82) is 0 Å². The lowest BCUT2D eigenvalue weighted by atomic mass is 10.0. The summed E-state index contributed by atoms with van der Waals surface area (Å²) in [6, 6.07) is 2.94. The van der Waals surface area contributed by atoms with Crippen LogP contribution in [0.4, 0.5) is 0 Å². The van der Waals surface area contributed by atoms with E-state index in [1.165, 1.54) is 12.1 Å². The Bertz CT molecular complexity index is 897. The van der Waals surface area contributed by atoms with Gasteiger partial charge in [0.2, 0.25) is 11.8 Å². The normalized spacial score (nSPS) is 13.1. The molecule has 2 amide bonds. The molecule has 0 aliphatic heterocycles. The van der Waals surface area contributed by atoms with E-state index < -0.39 is 35.9 Å². The van der Waals surface area contributed by atoms with Crippen molar-refractivity contribution in [3.05, 3.63) is 29.8 Å². The lowest BCUT2D eigenvalue weighted by molar-refractivity contribution is -0.142. The SMILES string of the molecule is NC(N)=NCCCC(NC(=O)C(CCCN=C(N)N)NC(=O)C(N)Cc1ccc(O)cc1)C(=O)O. The first-order chi connectivity index (χ1) is 16.5. The Hall–Kier alpha value is -4.07. The van der Waals surface area contributed by atoms with Crippen LogP contribution in [0, 0.1) is 0 Å². The predicted molar refractivity (Wildman–Crippen MR) is 131 cm³/mol. The average Bonchev–Trinajstić information content (AvgIpc) is 2.78. The Balaban J connectivity index is 2.83. The number of phenolic OH excluding ortho intramolecular Hbond substituents is 1. The Kier molecular flexibility index (Phi) is 12.4. The van der Waals surface area contributed by atoms with Gasteiger partial charge in [0, 0.05) is 13.1 Å². The number of carbonyl (C=O) groups excluding carboxylic acids is 2. The lowest BCUT2D eigenvalue weighted by Crippen LogP contribution is -2.54. The minimum atomic E-state index is -1.24. The molecule has 0 aromatic heterocycles. The number of aromatic hydroxyl groups is 1. The Morgan fingerprint density at radius 3 is 1.80 bits per heavy atom. The molecule has 14 nitrogen and oxygen atoms in total. The number of hydrogen-bond acceptors (Lipinski definition) is 7. The van der Waals surface area contributed by atoms with Gasteiger partial charge >= 0.3 is 5.97 Å². The highest BCUT2D eigenvalue weighted by molar-refractivity contribution is 5.91. The number of nitrogens with zero attached hydrogens (tertiary/aromatic N) is 2. The highest BCUT2D eigenvalue weighted by Gasteiger charge is 2.27. The van der Waals surface area contributed by atoms with Crippen molar-refractivity contribution in [3.8, 4) is 5.75 Å². The van der Waals surface area contributed by atoms with Crippen LogP contribution in [0.3, 0.4) is 0 Å². The molecule has 1 rings (SSSR count). The van der Waals surface area contributed by atoms with Gasteiger partial charge in [0.1, 0.15) is 17.8 Å². The molecule has 0 saturated carbocycles. The summed E-state index contributed by atoms with van der Waals surface area (Å²) in [5.74, 6) is -2.67. The smallest absolute Gasteiger partial charge is 0.326 e. The predicted octanol–water partition coefficient (Wildman–Crippen LogP) is -2.58. The van der Waals surface area contributed by atoms with E-state index in [2.05, 4.69) is 20.6 Å². The number of nitrogens with one attached hydrogen (secondary N) is 2. The molecular weight excluding hydrogens is 458 g/mol. The van der Waals surface area contributed by atoms with Crippen molar-refractivity contribution in [2.45, 2.75) is 50.2 Å². The third kappa shape index (κ3) is 12.1. The van der Waals surface area contributed by atoms with Crippen LogP contribution in [0.2, 0.25) is 0 Å². The van der Waals surface area contributed by atoms with Gasteiger partial charge in [-0.2, -0.15) is 0 Å². The zero-order chi connectivity index (χ0) is 26.4. The van der Waals surface area contributed by atoms with Crippen LogP contribution < -0.4 is 39.3 Å². The zero-order valence-electron chi connectivity index (χ0n) is 19.4. The second-order valence-electron chi connectivity index (χ2n) is 7.84. The lowest BCUT2D eigenvalue weighted by Gasteiger charge is -2.23. The number of hydrogen-bond donors (Lipinski definition) is 9. The van der Waals surface area contributed by atoms with E-state index in [4.69, 9.17) is 28.7 Å². The molecule has 0 aliphatic carbocycles. The van der Waals surface area contributed by atoms with E-state index in [-0.39, 0.29) is 50.0 Å². The van der Waals surface area contributed by atoms with E-state index in [0.717, 1.165) is 0 Å². The van der Waals surface area contributed by atoms with Crippen LogP contribution in [0.1, 0.15) is 31.2 Å². The van der Waals surface area contributed by atoms with Gasteiger partial charge in [-0.3, -0.25) is 19.6 Å². The van der Waals surface area contributed by atoms with Crippen LogP contribution in [0.25, 0.3) is 0 Å². The van der Waals surface area contributed by atoms with Gasteiger partial charge in [-0.1, -0.05) is 12.1 Å². The number of aliphatic imine (C=N–C) groups is 2. The minimum absolute atomic E-state index is 0.0763. The summed E-state index contributed by atoms with van der Waals surface area (Å²) in [6.07, 6.45) is 1.03. The zero-order valence-corrected chi connectivity index (χ0v) is 19.4. The van der Waals surface area contributed by atoms with E-state index in [9.17, 15) is 24.6 Å². The van der Waals surface area contributed by atoms with E-state index >= 15 is 0 Å². The molecule has 0 heterocycles. The summed E-state index contributed by atoms with van der Waals surface area (Å²) >= 11 is 0. The Morgan fingerprint density at radius 1 is 0.829 bits per heavy atom. The number of nitrogens with two attached hydrogens (primary N) is 5. The number of carboxylic acid groups (broad SMARTS) is 1. The maximum Gasteiger partial charge on any atom is 0.326 e. The Labute approximate surface area is 203 Å².